The fraction of sp³-hybridized carbons (Fsp3) is 0.143. The van der Waals surface area contributed by atoms with E-state index in [-0.39, 0.29) is 17.9 Å². The van der Waals surface area contributed by atoms with Crippen LogP contribution in [-0.2, 0) is 6.61 Å². The summed E-state index contributed by atoms with van der Waals surface area (Å²) >= 11 is 0. The molecule has 1 aromatic heterocycles. The van der Waals surface area contributed by atoms with Crippen LogP contribution in [0, 0.1) is 24.3 Å². The van der Waals surface area contributed by atoms with Crippen LogP contribution < -0.4 is 9.47 Å². The van der Waals surface area contributed by atoms with Crippen molar-refractivity contribution in [2.75, 3.05) is 0 Å². The van der Waals surface area contributed by atoms with Crippen molar-refractivity contribution in [1.29, 1.82) is 5.26 Å². The zero-order valence-corrected chi connectivity index (χ0v) is 10.3. The highest BCUT2D eigenvalue weighted by atomic mass is 19.1. The normalized spacial score (nSPS) is 9.74. The molecular weight excluding hydrogens is 247 g/mol. The van der Waals surface area contributed by atoms with Crippen molar-refractivity contribution in [2.45, 2.75) is 13.5 Å². The van der Waals surface area contributed by atoms with E-state index in [0.717, 1.165) is 5.69 Å². The minimum atomic E-state index is -0.486. The number of ether oxygens (including phenoxy) is 2. The quantitative estimate of drug-likeness (QED) is 0.791. The second-order valence-electron chi connectivity index (χ2n) is 3.82. The first kappa shape index (κ1) is 12.8. The molecule has 0 aliphatic heterocycles. The lowest BCUT2D eigenvalue weighted by Crippen LogP contribution is -2.02. The molecule has 2 aromatic rings. The van der Waals surface area contributed by atoms with Gasteiger partial charge in [0, 0.05) is 11.8 Å². The number of nitrogens with zero attached hydrogens (tertiary/aromatic N) is 2. The molecule has 0 N–H and O–H groups in total. The van der Waals surface area contributed by atoms with Crippen LogP contribution in [0.3, 0.4) is 0 Å². The Hall–Kier alpha value is -2.61. The van der Waals surface area contributed by atoms with Crippen molar-refractivity contribution in [3.8, 4) is 17.9 Å². The lowest BCUT2D eigenvalue weighted by molar-refractivity contribution is 0.282. The molecule has 0 radical (unpaired) electrons. The average molecular weight is 258 g/mol. The van der Waals surface area contributed by atoms with Gasteiger partial charge in [-0.05, 0) is 25.1 Å². The van der Waals surface area contributed by atoms with Crippen LogP contribution in [0.25, 0.3) is 0 Å². The molecule has 19 heavy (non-hydrogen) atoms. The van der Waals surface area contributed by atoms with Gasteiger partial charge < -0.3 is 9.47 Å². The maximum absolute atomic E-state index is 13.7. The highest BCUT2D eigenvalue weighted by Gasteiger charge is 2.11. The van der Waals surface area contributed by atoms with Gasteiger partial charge in [0.05, 0.1) is 5.56 Å². The van der Waals surface area contributed by atoms with Gasteiger partial charge in [0.1, 0.15) is 12.4 Å². The summed E-state index contributed by atoms with van der Waals surface area (Å²) in [5.41, 5.74) is 0.992. The van der Waals surface area contributed by atoms with E-state index in [1.807, 2.05) is 13.0 Å². The fourth-order valence-electron chi connectivity index (χ4n) is 1.57. The third-order valence-electron chi connectivity index (χ3n) is 2.46. The molecule has 96 valence electrons. The summed E-state index contributed by atoms with van der Waals surface area (Å²) in [6, 6.07) is 9.57. The lowest BCUT2D eigenvalue weighted by Gasteiger charge is -2.09. The first-order valence-corrected chi connectivity index (χ1v) is 5.60. The Balaban J connectivity index is 2.17. The van der Waals surface area contributed by atoms with Gasteiger partial charge in [0.15, 0.2) is 5.75 Å². The standard InChI is InChI=1S/C14H11FN2O2/c1-10-4-2-7-14(17-10)18-8-11-12(15)5-3-6-13(11)19-9-16/h2-7H,8H2,1H3. The van der Waals surface area contributed by atoms with Crippen LogP contribution in [0.4, 0.5) is 4.39 Å². The van der Waals surface area contributed by atoms with Crippen LogP contribution in [0.5, 0.6) is 11.6 Å². The minimum absolute atomic E-state index is 0.0554. The molecule has 0 fully saturated rings. The van der Waals surface area contributed by atoms with E-state index in [1.54, 1.807) is 12.1 Å². The zero-order valence-electron chi connectivity index (χ0n) is 10.3. The third kappa shape index (κ3) is 3.19. The molecule has 0 saturated carbocycles. The Labute approximate surface area is 110 Å². The number of nitriles is 1. The summed E-state index contributed by atoms with van der Waals surface area (Å²) < 4.78 is 23.8. The molecule has 4 nitrogen and oxygen atoms in total. The molecule has 0 aliphatic carbocycles. The topological polar surface area (TPSA) is 55.1 Å². The van der Waals surface area contributed by atoms with Crippen molar-refractivity contribution in [3.63, 3.8) is 0 Å². The van der Waals surface area contributed by atoms with E-state index in [2.05, 4.69) is 4.98 Å². The molecular formula is C14H11FN2O2. The number of hydrogen-bond acceptors (Lipinski definition) is 4. The minimum Gasteiger partial charge on any atom is -0.473 e. The zero-order chi connectivity index (χ0) is 13.7. The Morgan fingerprint density at radius 3 is 2.79 bits per heavy atom. The van der Waals surface area contributed by atoms with Gasteiger partial charge in [0.25, 0.3) is 6.26 Å². The largest absolute Gasteiger partial charge is 0.473 e. The maximum atomic E-state index is 13.7. The summed E-state index contributed by atoms with van der Waals surface area (Å²) in [6.45, 7) is 1.78. The van der Waals surface area contributed by atoms with Crippen LogP contribution in [0.2, 0.25) is 0 Å². The van der Waals surface area contributed by atoms with Gasteiger partial charge in [-0.2, -0.15) is 0 Å². The van der Waals surface area contributed by atoms with Gasteiger partial charge in [-0.3, -0.25) is 0 Å². The Bertz CT molecular complexity index is 623. The van der Waals surface area contributed by atoms with E-state index in [1.165, 1.54) is 24.5 Å². The Morgan fingerprint density at radius 1 is 1.26 bits per heavy atom. The summed E-state index contributed by atoms with van der Waals surface area (Å²) in [6.07, 6.45) is 1.52. The first-order chi connectivity index (χ1) is 9.20. The highest BCUT2D eigenvalue weighted by Crippen LogP contribution is 2.23. The Morgan fingerprint density at radius 2 is 2.05 bits per heavy atom. The molecule has 0 unspecified atom stereocenters. The smallest absolute Gasteiger partial charge is 0.292 e. The molecule has 0 saturated heterocycles. The van der Waals surface area contributed by atoms with Gasteiger partial charge in [0.2, 0.25) is 5.88 Å². The predicted molar refractivity (Wildman–Crippen MR) is 65.9 cm³/mol. The van der Waals surface area contributed by atoms with Gasteiger partial charge in [-0.25, -0.2) is 9.37 Å². The van der Waals surface area contributed by atoms with Crippen molar-refractivity contribution in [1.82, 2.24) is 4.98 Å². The second kappa shape index (κ2) is 5.83. The summed E-state index contributed by atoms with van der Waals surface area (Å²) in [5, 5.41) is 8.51. The van der Waals surface area contributed by atoms with Crippen molar-refractivity contribution < 1.29 is 13.9 Å². The van der Waals surface area contributed by atoms with Crippen molar-refractivity contribution >= 4 is 0 Å². The van der Waals surface area contributed by atoms with Crippen LogP contribution in [0.1, 0.15) is 11.3 Å². The summed E-state index contributed by atoms with van der Waals surface area (Å²) in [4.78, 5) is 4.14. The molecule has 1 aromatic carbocycles. The van der Waals surface area contributed by atoms with Gasteiger partial charge in [-0.1, -0.05) is 12.1 Å². The number of aryl methyl sites for hydroxylation is 1. The molecule has 0 amide bonds. The summed E-state index contributed by atoms with van der Waals surface area (Å²) in [7, 11) is 0. The number of rotatable bonds is 4. The van der Waals surface area contributed by atoms with E-state index in [9.17, 15) is 4.39 Å². The number of benzene rings is 1. The maximum Gasteiger partial charge on any atom is 0.292 e. The highest BCUT2D eigenvalue weighted by molar-refractivity contribution is 5.35. The van der Waals surface area contributed by atoms with Crippen molar-refractivity contribution in [2.24, 2.45) is 0 Å². The molecule has 0 atom stereocenters. The predicted octanol–water partition coefficient (Wildman–Crippen LogP) is 2.97. The van der Waals surface area contributed by atoms with E-state index >= 15 is 0 Å². The average Bonchev–Trinajstić information content (AvgIpc) is 2.38. The van der Waals surface area contributed by atoms with E-state index < -0.39 is 5.82 Å². The molecule has 0 spiro atoms. The molecule has 2 rings (SSSR count). The molecule has 1 heterocycles. The first-order valence-electron chi connectivity index (χ1n) is 5.60. The van der Waals surface area contributed by atoms with Crippen LogP contribution >= 0.6 is 0 Å². The van der Waals surface area contributed by atoms with E-state index in [0.29, 0.717) is 5.88 Å². The lowest BCUT2D eigenvalue weighted by atomic mass is 10.2. The van der Waals surface area contributed by atoms with Crippen molar-refractivity contribution in [3.05, 3.63) is 53.5 Å². The van der Waals surface area contributed by atoms with Crippen LogP contribution in [0.15, 0.2) is 36.4 Å². The molecule has 0 bridgehead atoms. The fourth-order valence-corrected chi connectivity index (χ4v) is 1.57. The SMILES string of the molecule is Cc1cccc(OCc2c(F)cccc2OC#N)n1. The monoisotopic (exact) mass is 258 g/mol. The van der Waals surface area contributed by atoms with Crippen LogP contribution in [-0.4, -0.2) is 4.98 Å². The molecule has 0 aliphatic rings. The second-order valence-corrected chi connectivity index (χ2v) is 3.82. The molecule has 5 heteroatoms. The van der Waals surface area contributed by atoms with E-state index in [4.69, 9.17) is 14.7 Å². The van der Waals surface area contributed by atoms with Gasteiger partial charge >= 0.3 is 0 Å². The summed E-state index contributed by atoms with van der Waals surface area (Å²) in [5.74, 6) is 0.0571. The van der Waals surface area contributed by atoms with Gasteiger partial charge in [-0.15, -0.1) is 5.26 Å². The number of pyridine rings is 1. The number of aromatic nitrogens is 1. The number of halogens is 1. The Kier molecular flexibility index (Phi) is 3.94. The number of hydrogen-bond donors (Lipinski definition) is 0. The third-order valence-corrected chi connectivity index (χ3v) is 2.46.